The van der Waals surface area contributed by atoms with Crippen LogP contribution in [0.3, 0.4) is 0 Å². The normalized spacial score (nSPS) is 19.9. The van der Waals surface area contributed by atoms with Crippen LogP contribution in [-0.2, 0) is 11.3 Å². The topological polar surface area (TPSA) is 79.3 Å². The fraction of sp³-hybridized carbons (Fsp3) is 0.348. The van der Waals surface area contributed by atoms with Crippen molar-refractivity contribution in [2.45, 2.75) is 38.5 Å². The Balaban J connectivity index is 1.61. The van der Waals surface area contributed by atoms with Crippen molar-refractivity contribution < 1.29 is 4.79 Å². The highest BCUT2D eigenvalue weighted by Gasteiger charge is 2.45. The van der Waals surface area contributed by atoms with Gasteiger partial charge in [-0.3, -0.25) is 14.2 Å². The van der Waals surface area contributed by atoms with Crippen molar-refractivity contribution in [3.8, 4) is 11.4 Å². The monoisotopic (exact) mass is 403 g/mol. The standard InChI is InChI=1S/C23H25N5O2/c1-14(2)25-21(29)13-28-22(15-6-4-3-5-7-15)26-18-9-8-16(10-17(18)23(28)30)27-12-19-20(27)11-24-19/h3-10,14,19-20,24H,11-13H2,1-2H3,(H,25,29)/t19-,20?/m1/s1. The van der Waals surface area contributed by atoms with Crippen LogP contribution in [-0.4, -0.2) is 46.7 Å². The van der Waals surface area contributed by atoms with E-state index in [0.29, 0.717) is 28.8 Å². The summed E-state index contributed by atoms with van der Waals surface area (Å²) >= 11 is 0. The second-order valence-electron chi connectivity index (χ2n) is 8.35. The lowest BCUT2D eigenvalue weighted by atomic mass is 9.88. The smallest absolute Gasteiger partial charge is 0.262 e. The molecule has 2 aliphatic heterocycles. The zero-order valence-corrected chi connectivity index (χ0v) is 17.1. The van der Waals surface area contributed by atoms with E-state index in [0.717, 1.165) is 24.3 Å². The van der Waals surface area contributed by atoms with Crippen molar-refractivity contribution in [2.75, 3.05) is 18.0 Å². The van der Waals surface area contributed by atoms with E-state index in [9.17, 15) is 9.59 Å². The van der Waals surface area contributed by atoms with E-state index in [4.69, 9.17) is 4.98 Å². The molecule has 3 heterocycles. The summed E-state index contributed by atoms with van der Waals surface area (Å²) in [6, 6.07) is 16.5. The maximum atomic E-state index is 13.5. The molecule has 0 saturated carbocycles. The van der Waals surface area contributed by atoms with E-state index in [-0.39, 0.29) is 24.1 Å². The molecule has 0 aliphatic carbocycles. The van der Waals surface area contributed by atoms with Crippen LogP contribution in [0, 0.1) is 0 Å². The molecule has 0 bridgehead atoms. The second-order valence-corrected chi connectivity index (χ2v) is 8.35. The molecule has 1 unspecified atom stereocenters. The Morgan fingerprint density at radius 3 is 2.67 bits per heavy atom. The average Bonchev–Trinajstić information content (AvgIpc) is 2.72. The fourth-order valence-electron chi connectivity index (χ4n) is 4.26. The number of benzene rings is 2. The molecule has 2 aromatic carbocycles. The van der Waals surface area contributed by atoms with Crippen LogP contribution in [0.5, 0.6) is 0 Å². The summed E-state index contributed by atoms with van der Waals surface area (Å²) < 4.78 is 1.49. The summed E-state index contributed by atoms with van der Waals surface area (Å²) in [4.78, 5) is 33.1. The number of nitrogens with zero attached hydrogens (tertiary/aromatic N) is 3. The average molecular weight is 403 g/mol. The molecule has 0 radical (unpaired) electrons. The Hall–Kier alpha value is -3.19. The lowest BCUT2D eigenvalue weighted by molar-refractivity contribution is -0.122. The van der Waals surface area contributed by atoms with Gasteiger partial charge in [0.05, 0.1) is 16.9 Å². The van der Waals surface area contributed by atoms with Gasteiger partial charge in [-0.05, 0) is 32.0 Å². The number of hydrogen-bond donors (Lipinski definition) is 2. The second kappa shape index (κ2) is 7.25. The van der Waals surface area contributed by atoms with Gasteiger partial charge in [-0.1, -0.05) is 30.3 Å². The molecule has 0 spiro atoms. The summed E-state index contributed by atoms with van der Waals surface area (Å²) in [5, 5.41) is 6.81. The molecule has 1 amide bonds. The number of piperazine rings is 1. The Bertz CT molecular complexity index is 1170. The van der Waals surface area contributed by atoms with Gasteiger partial charge in [0.15, 0.2) is 0 Å². The summed E-state index contributed by atoms with van der Waals surface area (Å²) in [6.45, 7) is 5.68. The lowest BCUT2D eigenvalue weighted by Gasteiger charge is -2.57. The predicted molar refractivity (Wildman–Crippen MR) is 118 cm³/mol. The maximum Gasteiger partial charge on any atom is 0.262 e. The summed E-state index contributed by atoms with van der Waals surface area (Å²) in [7, 11) is 0. The fourth-order valence-corrected chi connectivity index (χ4v) is 4.26. The molecule has 2 aliphatic rings. The number of fused-ring (bicyclic) bond motifs is 2. The Labute approximate surface area is 174 Å². The van der Waals surface area contributed by atoms with Crippen LogP contribution < -0.4 is 21.1 Å². The first-order chi connectivity index (χ1) is 14.5. The minimum Gasteiger partial charge on any atom is -0.364 e. The predicted octanol–water partition coefficient (Wildman–Crippen LogP) is 1.75. The molecule has 154 valence electrons. The van der Waals surface area contributed by atoms with Crippen molar-refractivity contribution >= 4 is 22.5 Å². The number of carbonyl (C=O) groups excluding carboxylic acids is 1. The van der Waals surface area contributed by atoms with Crippen LogP contribution >= 0.6 is 0 Å². The SMILES string of the molecule is CC(C)NC(=O)Cn1c(-c2ccccc2)nc2ccc(N3C[C@H]4NCC43)cc2c1=O. The quantitative estimate of drug-likeness (QED) is 0.679. The van der Waals surface area contributed by atoms with E-state index in [1.807, 2.05) is 62.4 Å². The summed E-state index contributed by atoms with van der Waals surface area (Å²) in [5.41, 5.74) is 2.30. The van der Waals surface area contributed by atoms with E-state index >= 15 is 0 Å². The van der Waals surface area contributed by atoms with E-state index in [2.05, 4.69) is 15.5 Å². The number of anilines is 1. The van der Waals surface area contributed by atoms with Gasteiger partial charge in [-0.25, -0.2) is 4.98 Å². The lowest BCUT2D eigenvalue weighted by Crippen LogP contribution is -2.78. The van der Waals surface area contributed by atoms with Crippen molar-refractivity contribution in [1.82, 2.24) is 20.2 Å². The van der Waals surface area contributed by atoms with Gasteiger partial charge < -0.3 is 15.5 Å². The minimum atomic E-state index is -0.201. The molecule has 30 heavy (non-hydrogen) atoms. The molecule has 7 heteroatoms. The highest BCUT2D eigenvalue weighted by Crippen LogP contribution is 2.32. The van der Waals surface area contributed by atoms with Crippen LogP contribution in [0.25, 0.3) is 22.3 Å². The summed E-state index contributed by atoms with van der Waals surface area (Å²) in [6.07, 6.45) is 0. The van der Waals surface area contributed by atoms with Crippen LogP contribution in [0.15, 0.2) is 53.3 Å². The Kier molecular flexibility index (Phi) is 4.55. The van der Waals surface area contributed by atoms with Crippen molar-refractivity contribution in [3.05, 3.63) is 58.9 Å². The first kappa shape index (κ1) is 18.8. The van der Waals surface area contributed by atoms with E-state index in [1.54, 1.807) is 0 Å². The van der Waals surface area contributed by atoms with Crippen molar-refractivity contribution in [1.29, 1.82) is 0 Å². The molecule has 5 rings (SSSR count). The third-order valence-corrected chi connectivity index (χ3v) is 5.90. The number of carbonyl (C=O) groups is 1. The van der Waals surface area contributed by atoms with Crippen molar-refractivity contribution in [2.24, 2.45) is 0 Å². The highest BCUT2D eigenvalue weighted by atomic mass is 16.2. The molecule has 2 N–H and O–H groups in total. The van der Waals surface area contributed by atoms with Crippen LogP contribution in [0.1, 0.15) is 13.8 Å². The molecule has 2 fully saturated rings. The first-order valence-electron chi connectivity index (χ1n) is 10.4. The third kappa shape index (κ3) is 3.15. The Morgan fingerprint density at radius 2 is 2.03 bits per heavy atom. The van der Waals surface area contributed by atoms with Gasteiger partial charge in [0.1, 0.15) is 12.4 Å². The van der Waals surface area contributed by atoms with Crippen molar-refractivity contribution in [3.63, 3.8) is 0 Å². The third-order valence-electron chi connectivity index (χ3n) is 5.90. The van der Waals surface area contributed by atoms with Crippen LogP contribution in [0.2, 0.25) is 0 Å². The summed E-state index contributed by atoms with van der Waals surface area (Å²) in [5.74, 6) is 0.305. The van der Waals surface area contributed by atoms with Gasteiger partial charge in [0.25, 0.3) is 5.56 Å². The number of rotatable bonds is 5. The highest BCUT2D eigenvalue weighted by molar-refractivity contribution is 5.85. The van der Waals surface area contributed by atoms with Gasteiger partial charge in [0, 0.05) is 36.4 Å². The molecular weight excluding hydrogens is 378 g/mol. The van der Waals surface area contributed by atoms with Gasteiger partial charge in [-0.2, -0.15) is 0 Å². The molecular formula is C23H25N5O2. The van der Waals surface area contributed by atoms with Gasteiger partial charge in [0.2, 0.25) is 5.91 Å². The molecule has 1 aromatic heterocycles. The molecule has 7 nitrogen and oxygen atoms in total. The van der Waals surface area contributed by atoms with Gasteiger partial charge >= 0.3 is 0 Å². The Morgan fingerprint density at radius 1 is 1.23 bits per heavy atom. The zero-order valence-electron chi connectivity index (χ0n) is 17.1. The first-order valence-corrected chi connectivity index (χ1v) is 10.4. The molecule has 2 saturated heterocycles. The van der Waals surface area contributed by atoms with Crippen LogP contribution in [0.4, 0.5) is 5.69 Å². The zero-order chi connectivity index (χ0) is 20.8. The van der Waals surface area contributed by atoms with E-state index < -0.39 is 0 Å². The van der Waals surface area contributed by atoms with E-state index in [1.165, 1.54) is 4.57 Å². The van der Waals surface area contributed by atoms with Gasteiger partial charge in [-0.15, -0.1) is 0 Å². The number of amides is 1. The molecule has 2 atom stereocenters. The number of nitrogens with one attached hydrogen (secondary N) is 2. The largest absolute Gasteiger partial charge is 0.364 e. The molecule has 3 aromatic rings. The minimum absolute atomic E-state index is 0.00356. The maximum absolute atomic E-state index is 13.5. The number of aromatic nitrogens is 2. The number of hydrogen-bond acceptors (Lipinski definition) is 5.